The Bertz CT molecular complexity index is 760. The molecular weight excluding hydrogens is 306 g/mol. The number of methoxy groups -OCH3 is 1. The van der Waals surface area contributed by atoms with E-state index in [9.17, 15) is 4.79 Å². The van der Waals surface area contributed by atoms with E-state index in [0.29, 0.717) is 18.7 Å². The largest absolute Gasteiger partial charge is 0.461 e. The maximum absolute atomic E-state index is 13.0. The van der Waals surface area contributed by atoms with Crippen LogP contribution in [0.2, 0.25) is 0 Å². The first-order valence-corrected chi connectivity index (χ1v) is 8.57. The quantitative estimate of drug-likeness (QED) is 0.849. The molecule has 0 bridgehead atoms. The van der Waals surface area contributed by atoms with Crippen molar-refractivity contribution in [1.29, 1.82) is 0 Å². The van der Waals surface area contributed by atoms with E-state index >= 15 is 0 Å². The smallest absolute Gasteiger partial charge is 0.253 e. The second-order valence-electron chi connectivity index (χ2n) is 6.87. The molecule has 1 spiro atoms. The molecule has 4 rings (SSSR count). The summed E-state index contributed by atoms with van der Waals surface area (Å²) in [5, 5.41) is 0.969. The molecule has 3 heterocycles. The van der Waals surface area contributed by atoms with E-state index in [1.54, 1.807) is 7.11 Å². The van der Waals surface area contributed by atoms with Crippen molar-refractivity contribution in [3.8, 4) is 0 Å². The molecule has 2 atom stereocenters. The molecule has 128 valence electrons. The Morgan fingerprint density at radius 2 is 2.25 bits per heavy atom. The summed E-state index contributed by atoms with van der Waals surface area (Å²) in [4.78, 5) is 14.9. The van der Waals surface area contributed by atoms with Gasteiger partial charge in [0.2, 0.25) is 0 Å². The van der Waals surface area contributed by atoms with Gasteiger partial charge in [-0.25, -0.2) is 0 Å². The van der Waals surface area contributed by atoms with E-state index in [-0.39, 0.29) is 17.6 Å². The highest BCUT2D eigenvalue weighted by molar-refractivity contribution is 5.98. The lowest BCUT2D eigenvalue weighted by atomic mass is 9.86. The van der Waals surface area contributed by atoms with E-state index < -0.39 is 0 Å². The average molecular weight is 329 g/mol. The Labute approximate surface area is 141 Å². The van der Waals surface area contributed by atoms with Gasteiger partial charge in [0.15, 0.2) is 0 Å². The van der Waals surface area contributed by atoms with Crippen LogP contribution in [0, 0.1) is 6.92 Å². The Morgan fingerprint density at radius 3 is 3.00 bits per heavy atom. The predicted molar refractivity (Wildman–Crippen MR) is 90.2 cm³/mol. The Hall–Kier alpha value is -1.85. The van der Waals surface area contributed by atoms with Crippen LogP contribution in [0.1, 0.15) is 35.4 Å². The zero-order chi connectivity index (χ0) is 16.7. The lowest BCUT2D eigenvalue weighted by Gasteiger charge is -2.44. The van der Waals surface area contributed by atoms with Crippen molar-refractivity contribution in [3.63, 3.8) is 0 Å². The number of amides is 1. The van der Waals surface area contributed by atoms with Crippen molar-refractivity contribution in [2.75, 3.05) is 26.8 Å². The fraction of sp³-hybridized carbons (Fsp3) is 0.526. The van der Waals surface area contributed by atoms with Crippen molar-refractivity contribution >= 4 is 16.9 Å². The van der Waals surface area contributed by atoms with E-state index in [1.165, 1.54) is 0 Å². The molecule has 24 heavy (non-hydrogen) atoms. The number of carbonyl (C=O) groups excluding carboxylic acids is 1. The van der Waals surface area contributed by atoms with Gasteiger partial charge in [-0.3, -0.25) is 4.79 Å². The number of hydrogen-bond donors (Lipinski definition) is 0. The van der Waals surface area contributed by atoms with Crippen LogP contribution in [-0.2, 0) is 9.47 Å². The minimum absolute atomic E-state index is 0.0557. The molecule has 2 fully saturated rings. The van der Waals surface area contributed by atoms with Gasteiger partial charge in [-0.1, -0.05) is 0 Å². The number of benzene rings is 1. The molecular formula is C19H23NO4. The van der Waals surface area contributed by atoms with Gasteiger partial charge in [-0.2, -0.15) is 0 Å². The molecule has 2 aliphatic heterocycles. The van der Waals surface area contributed by atoms with Crippen molar-refractivity contribution < 1.29 is 18.7 Å². The molecule has 0 aliphatic carbocycles. The van der Waals surface area contributed by atoms with Crippen LogP contribution in [0.3, 0.4) is 0 Å². The van der Waals surface area contributed by atoms with Gasteiger partial charge in [0.25, 0.3) is 5.91 Å². The number of aryl methyl sites for hydroxylation is 1. The first-order chi connectivity index (χ1) is 11.6. The first-order valence-electron chi connectivity index (χ1n) is 8.57. The molecule has 0 radical (unpaired) electrons. The standard InChI is InChI=1S/C19H23NO4/c1-13-10-15-11-14(4-5-16(15)24-13)18(21)20-8-6-17(22-2)19(12-20)7-3-9-23-19/h4-5,10-11,17H,3,6-9,12H2,1-2H3/t17-,19-/m0/s1. The van der Waals surface area contributed by atoms with Crippen molar-refractivity contribution in [2.45, 2.75) is 37.9 Å². The number of piperidine rings is 1. The number of rotatable bonds is 2. The van der Waals surface area contributed by atoms with E-state index in [1.807, 2.05) is 36.1 Å². The fourth-order valence-electron chi connectivity index (χ4n) is 4.14. The molecule has 1 amide bonds. The molecule has 5 heteroatoms. The Kier molecular flexibility index (Phi) is 3.85. The highest BCUT2D eigenvalue weighted by Crippen LogP contribution is 2.37. The van der Waals surface area contributed by atoms with Crippen LogP contribution in [0.25, 0.3) is 11.0 Å². The monoisotopic (exact) mass is 329 g/mol. The first kappa shape index (κ1) is 15.7. The normalized spacial score (nSPS) is 27.2. The van der Waals surface area contributed by atoms with Gasteiger partial charge in [-0.05, 0) is 50.5 Å². The molecule has 0 saturated carbocycles. The molecule has 0 unspecified atom stereocenters. The number of carbonyl (C=O) groups is 1. The molecule has 1 aromatic carbocycles. The molecule has 2 aliphatic rings. The van der Waals surface area contributed by atoms with Crippen molar-refractivity contribution in [2.24, 2.45) is 0 Å². The Morgan fingerprint density at radius 1 is 1.38 bits per heavy atom. The highest BCUT2D eigenvalue weighted by Gasteiger charge is 2.48. The van der Waals surface area contributed by atoms with Gasteiger partial charge in [0, 0.05) is 31.2 Å². The molecule has 5 nitrogen and oxygen atoms in total. The summed E-state index contributed by atoms with van der Waals surface area (Å²) < 4.78 is 17.3. The van der Waals surface area contributed by atoms with Crippen LogP contribution in [0.4, 0.5) is 0 Å². The SMILES string of the molecule is CO[C@H]1CCN(C(=O)c2ccc3oc(C)cc3c2)C[C@@]12CCCO2. The zero-order valence-corrected chi connectivity index (χ0v) is 14.2. The highest BCUT2D eigenvalue weighted by atomic mass is 16.6. The van der Waals surface area contributed by atoms with Gasteiger partial charge < -0.3 is 18.8 Å². The van der Waals surface area contributed by atoms with Gasteiger partial charge in [0.1, 0.15) is 16.9 Å². The lowest BCUT2D eigenvalue weighted by Crippen LogP contribution is -2.58. The van der Waals surface area contributed by atoms with Gasteiger partial charge in [-0.15, -0.1) is 0 Å². The number of ether oxygens (including phenoxy) is 2. The second-order valence-corrected chi connectivity index (χ2v) is 6.87. The average Bonchev–Trinajstić information content (AvgIpc) is 3.19. The second kappa shape index (κ2) is 5.90. The maximum atomic E-state index is 13.0. The van der Waals surface area contributed by atoms with Crippen LogP contribution in [0.5, 0.6) is 0 Å². The summed E-state index contributed by atoms with van der Waals surface area (Å²) in [6.45, 7) is 3.97. The Balaban J connectivity index is 1.59. The fourth-order valence-corrected chi connectivity index (χ4v) is 4.14. The third-order valence-electron chi connectivity index (χ3n) is 5.30. The number of fused-ring (bicyclic) bond motifs is 1. The summed E-state index contributed by atoms with van der Waals surface area (Å²) in [6.07, 6.45) is 2.87. The topological polar surface area (TPSA) is 51.9 Å². The number of furan rings is 1. The van der Waals surface area contributed by atoms with E-state index in [4.69, 9.17) is 13.9 Å². The van der Waals surface area contributed by atoms with Gasteiger partial charge >= 0.3 is 0 Å². The van der Waals surface area contributed by atoms with E-state index in [0.717, 1.165) is 42.6 Å². The predicted octanol–water partition coefficient (Wildman–Crippen LogP) is 3.15. The summed E-state index contributed by atoms with van der Waals surface area (Å²) in [6, 6.07) is 7.60. The molecule has 2 saturated heterocycles. The number of hydrogen-bond acceptors (Lipinski definition) is 4. The molecule has 2 aromatic rings. The van der Waals surface area contributed by atoms with Crippen molar-refractivity contribution in [3.05, 3.63) is 35.6 Å². The maximum Gasteiger partial charge on any atom is 0.253 e. The molecule has 1 aromatic heterocycles. The minimum atomic E-state index is -0.334. The molecule has 0 N–H and O–H groups in total. The summed E-state index contributed by atoms with van der Waals surface area (Å²) in [5.74, 6) is 0.911. The third-order valence-corrected chi connectivity index (χ3v) is 5.30. The van der Waals surface area contributed by atoms with Crippen LogP contribution in [-0.4, -0.2) is 49.3 Å². The van der Waals surface area contributed by atoms with Crippen molar-refractivity contribution in [1.82, 2.24) is 4.90 Å². The summed E-state index contributed by atoms with van der Waals surface area (Å²) in [7, 11) is 1.74. The van der Waals surface area contributed by atoms with Crippen LogP contribution in [0.15, 0.2) is 28.7 Å². The number of nitrogens with zero attached hydrogens (tertiary/aromatic N) is 1. The third kappa shape index (κ3) is 2.52. The van der Waals surface area contributed by atoms with E-state index in [2.05, 4.69) is 0 Å². The van der Waals surface area contributed by atoms with Crippen LogP contribution >= 0.6 is 0 Å². The van der Waals surface area contributed by atoms with Crippen LogP contribution < -0.4 is 0 Å². The number of likely N-dealkylation sites (tertiary alicyclic amines) is 1. The zero-order valence-electron chi connectivity index (χ0n) is 14.2. The lowest BCUT2D eigenvalue weighted by molar-refractivity contribution is -0.137. The summed E-state index contributed by atoms with van der Waals surface area (Å²) >= 11 is 0. The minimum Gasteiger partial charge on any atom is -0.461 e. The van der Waals surface area contributed by atoms with Gasteiger partial charge in [0.05, 0.1) is 12.6 Å². The summed E-state index contributed by atoms with van der Waals surface area (Å²) in [5.41, 5.74) is 1.18.